The van der Waals surface area contributed by atoms with Crippen molar-refractivity contribution in [2.24, 2.45) is 5.92 Å². The first kappa shape index (κ1) is 19.7. The van der Waals surface area contributed by atoms with Gasteiger partial charge in [-0.1, -0.05) is 19.8 Å². The van der Waals surface area contributed by atoms with Crippen molar-refractivity contribution in [1.29, 1.82) is 0 Å². The van der Waals surface area contributed by atoms with Crippen LogP contribution in [-0.2, 0) is 19.4 Å². The molecule has 27 heavy (non-hydrogen) atoms. The molecule has 1 fully saturated rings. The molecule has 2 atom stereocenters. The van der Waals surface area contributed by atoms with E-state index < -0.39 is 9.84 Å². The van der Waals surface area contributed by atoms with Crippen molar-refractivity contribution in [3.63, 3.8) is 0 Å². The predicted octanol–water partition coefficient (Wildman–Crippen LogP) is 2.18. The first-order valence-corrected chi connectivity index (χ1v) is 11.0. The largest absolute Gasteiger partial charge is 0.482 e. The van der Waals surface area contributed by atoms with Crippen molar-refractivity contribution in [2.75, 3.05) is 17.7 Å². The maximum absolute atomic E-state index is 12.7. The Morgan fingerprint density at radius 1 is 1.30 bits per heavy atom. The van der Waals surface area contributed by atoms with E-state index in [-0.39, 0.29) is 41.5 Å². The van der Waals surface area contributed by atoms with Gasteiger partial charge in [-0.05, 0) is 37.3 Å². The molecule has 1 aromatic rings. The molecule has 7 nitrogen and oxygen atoms in total. The number of nitrogens with one attached hydrogen (secondary N) is 2. The maximum Gasteiger partial charge on any atom is 0.262 e. The Hall–Kier alpha value is -2.09. The van der Waals surface area contributed by atoms with E-state index in [4.69, 9.17) is 4.74 Å². The van der Waals surface area contributed by atoms with Crippen LogP contribution >= 0.6 is 0 Å². The van der Waals surface area contributed by atoms with Crippen molar-refractivity contribution in [2.45, 2.75) is 56.9 Å². The van der Waals surface area contributed by atoms with Gasteiger partial charge in [0.15, 0.2) is 16.4 Å². The standard InChI is InChI=1S/C19H26N2O5S/c1-12-5-3-4-6-14(12)20-18(22)7-8-27(24,25)17-10-16-15(9-13(17)2)21-19(23)11-26-16/h9-10,12,14H,3-8,11H2,1-2H3,(H,20,22)(H,21,23)/t12-,14-/m0/s1. The number of ether oxygens (including phenoxy) is 1. The summed E-state index contributed by atoms with van der Waals surface area (Å²) in [6, 6.07) is 3.15. The Morgan fingerprint density at radius 3 is 2.78 bits per heavy atom. The monoisotopic (exact) mass is 394 g/mol. The van der Waals surface area contributed by atoms with E-state index in [0.29, 0.717) is 22.9 Å². The summed E-state index contributed by atoms with van der Waals surface area (Å²) in [5, 5.41) is 5.64. The smallest absolute Gasteiger partial charge is 0.262 e. The van der Waals surface area contributed by atoms with E-state index in [1.807, 2.05) is 0 Å². The van der Waals surface area contributed by atoms with Gasteiger partial charge < -0.3 is 15.4 Å². The van der Waals surface area contributed by atoms with Crippen molar-refractivity contribution < 1.29 is 22.7 Å². The average Bonchev–Trinajstić information content (AvgIpc) is 2.61. The molecular weight excluding hydrogens is 368 g/mol. The van der Waals surface area contributed by atoms with E-state index in [9.17, 15) is 18.0 Å². The van der Waals surface area contributed by atoms with Crippen LogP contribution in [0.25, 0.3) is 0 Å². The zero-order chi connectivity index (χ0) is 19.6. The summed E-state index contributed by atoms with van der Waals surface area (Å²) in [6.07, 6.45) is 4.25. The fourth-order valence-electron chi connectivity index (χ4n) is 3.70. The molecule has 2 aliphatic rings. The number of benzene rings is 1. The first-order valence-electron chi connectivity index (χ1n) is 9.35. The molecule has 0 spiro atoms. The van der Waals surface area contributed by atoms with Gasteiger partial charge >= 0.3 is 0 Å². The third kappa shape index (κ3) is 4.61. The van der Waals surface area contributed by atoms with Gasteiger partial charge in [-0.3, -0.25) is 9.59 Å². The third-order valence-corrected chi connectivity index (χ3v) is 7.15. The molecule has 1 saturated carbocycles. The van der Waals surface area contributed by atoms with E-state index in [1.165, 1.54) is 12.5 Å². The Kier molecular flexibility index (Phi) is 5.74. The molecule has 0 bridgehead atoms. The molecule has 2 N–H and O–H groups in total. The van der Waals surface area contributed by atoms with Crippen LogP contribution in [-0.4, -0.2) is 38.6 Å². The lowest BCUT2D eigenvalue weighted by atomic mass is 9.86. The molecule has 1 heterocycles. The number of hydrogen-bond donors (Lipinski definition) is 2. The number of anilines is 1. The number of fused-ring (bicyclic) bond motifs is 1. The van der Waals surface area contributed by atoms with Gasteiger partial charge in [0.1, 0.15) is 5.75 Å². The van der Waals surface area contributed by atoms with Crippen LogP contribution in [0.5, 0.6) is 5.75 Å². The quantitative estimate of drug-likeness (QED) is 0.797. The van der Waals surface area contributed by atoms with Gasteiger partial charge in [-0.15, -0.1) is 0 Å². The Morgan fingerprint density at radius 2 is 2.04 bits per heavy atom. The minimum absolute atomic E-state index is 0.0698. The zero-order valence-corrected chi connectivity index (χ0v) is 16.5. The summed E-state index contributed by atoms with van der Waals surface area (Å²) in [7, 11) is -3.64. The minimum Gasteiger partial charge on any atom is -0.482 e. The summed E-state index contributed by atoms with van der Waals surface area (Å²) in [4.78, 5) is 23.8. The molecule has 0 radical (unpaired) electrons. The summed E-state index contributed by atoms with van der Waals surface area (Å²) >= 11 is 0. The summed E-state index contributed by atoms with van der Waals surface area (Å²) in [5.74, 6) is 0.00253. The number of sulfone groups is 1. The number of hydrogen-bond acceptors (Lipinski definition) is 5. The van der Waals surface area contributed by atoms with Crippen molar-refractivity contribution in [1.82, 2.24) is 5.32 Å². The number of carbonyl (C=O) groups is 2. The van der Waals surface area contributed by atoms with Gasteiger partial charge in [-0.25, -0.2) is 8.42 Å². The zero-order valence-electron chi connectivity index (χ0n) is 15.7. The van der Waals surface area contributed by atoms with Gasteiger partial charge in [-0.2, -0.15) is 0 Å². The highest BCUT2D eigenvalue weighted by molar-refractivity contribution is 7.91. The second kappa shape index (κ2) is 7.88. The highest BCUT2D eigenvalue weighted by Gasteiger charge is 2.26. The highest BCUT2D eigenvalue weighted by Crippen LogP contribution is 2.33. The van der Waals surface area contributed by atoms with Crippen LogP contribution in [0.3, 0.4) is 0 Å². The fraction of sp³-hybridized carbons (Fsp3) is 0.579. The molecule has 1 aromatic carbocycles. The number of rotatable bonds is 5. The topological polar surface area (TPSA) is 102 Å². The van der Waals surface area contributed by atoms with Crippen molar-refractivity contribution in [3.8, 4) is 5.75 Å². The highest BCUT2D eigenvalue weighted by atomic mass is 32.2. The lowest BCUT2D eigenvalue weighted by molar-refractivity contribution is -0.122. The second-order valence-corrected chi connectivity index (χ2v) is 9.53. The summed E-state index contributed by atoms with van der Waals surface area (Å²) < 4.78 is 30.8. The van der Waals surface area contributed by atoms with Crippen molar-refractivity contribution >= 4 is 27.3 Å². The number of aryl methyl sites for hydroxylation is 1. The number of carbonyl (C=O) groups excluding carboxylic acids is 2. The van der Waals surface area contributed by atoms with E-state index >= 15 is 0 Å². The summed E-state index contributed by atoms with van der Waals surface area (Å²) in [6.45, 7) is 3.64. The second-order valence-electron chi connectivity index (χ2n) is 7.46. The first-order chi connectivity index (χ1) is 12.8. The Balaban J connectivity index is 1.66. The molecule has 1 aliphatic heterocycles. The molecule has 0 aromatic heterocycles. The SMILES string of the molecule is Cc1cc2c(cc1S(=O)(=O)CCC(=O)N[C@H]1CCCC[C@@H]1C)OCC(=O)N2. The lowest BCUT2D eigenvalue weighted by Crippen LogP contribution is -2.41. The molecule has 0 unspecified atom stereocenters. The van der Waals surface area contributed by atoms with Crippen LogP contribution in [0.1, 0.15) is 44.6 Å². The van der Waals surface area contributed by atoms with Gasteiger partial charge in [0.2, 0.25) is 5.91 Å². The number of amides is 2. The van der Waals surface area contributed by atoms with Crippen LogP contribution in [0.4, 0.5) is 5.69 Å². The molecule has 0 saturated heterocycles. The van der Waals surface area contributed by atoms with Crippen LogP contribution < -0.4 is 15.4 Å². The van der Waals surface area contributed by atoms with Crippen LogP contribution in [0.15, 0.2) is 17.0 Å². The average molecular weight is 394 g/mol. The summed E-state index contributed by atoms with van der Waals surface area (Å²) in [5.41, 5.74) is 0.979. The molecule has 3 rings (SSSR count). The van der Waals surface area contributed by atoms with Crippen LogP contribution in [0, 0.1) is 12.8 Å². The molecule has 8 heteroatoms. The minimum atomic E-state index is -3.64. The normalized spacial score (nSPS) is 22.4. The van der Waals surface area contributed by atoms with Gasteiger partial charge in [0.05, 0.1) is 16.3 Å². The Labute approximate surface area is 159 Å². The van der Waals surface area contributed by atoms with Gasteiger partial charge in [0.25, 0.3) is 5.91 Å². The molecule has 1 aliphatic carbocycles. The third-order valence-electron chi connectivity index (χ3n) is 5.30. The van der Waals surface area contributed by atoms with E-state index in [1.54, 1.807) is 13.0 Å². The molecule has 2 amide bonds. The van der Waals surface area contributed by atoms with E-state index in [2.05, 4.69) is 17.6 Å². The van der Waals surface area contributed by atoms with Crippen molar-refractivity contribution in [3.05, 3.63) is 17.7 Å². The lowest BCUT2D eigenvalue weighted by Gasteiger charge is -2.29. The molecule has 148 valence electrons. The van der Waals surface area contributed by atoms with Crippen LogP contribution in [0.2, 0.25) is 0 Å². The van der Waals surface area contributed by atoms with E-state index in [0.717, 1.165) is 19.3 Å². The maximum atomic E-state index is 12.7. The molecular formula is C19H26N2O5S. The Bertz CT molecular complexity index is 850. The fourth-order valence-corrected chi connectivity index (χ4v) is 5.21. The predicted molar refractivity (Wildman–Crippen MR) is 102 cm³/mol. The van der Waals surface area contributed by atoms with Gasteiger partial charge in [0, 0.05) is 18.5 Å².